The van der Waals surface area contributed by atoms with E-state index in [1.807, 2.05) is 6.07 Å². The highest BCUT2D eigenvalue weighted by Gasteiger charge is 2.18. The van der Waals surface area contributed by atoms with Crippen molar-refractivity contribution in [3.8, 4) is 6.07 Å². The molecule has 0 saturated carbocycles. The number of amides is 1. The summed E-state index contributed by atoms with van der Waals surface area (Å²) in [6, 6.07) is 6.42. The Labute approximate surface area is 112 Å². The quantitative estimate of drug-likeness (QED) is 0.828. The van der Waals surface area contributed by atoms with Crippen molar-refractivity contribution in [2.45, 2.75) is 33.3 Å². The highest BCUT2D eigenvalue weighted by Crippen LogP contribution is 2.19. The molecule has 5 heteroatoms. The first kappa shape index (κ1) is 14.7. The van der Waals surface area contributed by atoms with Gasteiger partial charge in [-0.05, 0) is 45.9 Å². The largest absolute Gasteiger partial charge is 0.444 e. The Morgan fingerprint density at radius 3 is 2.42 bits per heavy atom. The normalized spacial score (nSPS) is 10.5. The van der Waals surface area contributed by atoms with Crippen LogP contribution in [-0.4, -0.2) is 17.5 Å². The van der Waals surface area contributed by atoms with Crippen LogP contribution in [0, 0.1) is 11.3 Å². The number of ether oxygens (including phenoxy) is 1. The maximum Gasteiger partial charge on any atom is 0.412 e. The fourth-order valence-corrected chi connectivity index (χ4v) is 1.43. The summed E-state index contributed by atoms with van der Waals surface area (Å²) in [4.78, 5) is 23.1. The van der Waals surface area contributed by atoms with E-state index in [0.29, 0.717) is 11.3 Å². The van der Waals surface area contributed by atoms with Crippen molar-refractivity contribution in [3.05, 3.63) is 29.3 Å². The third kappa shape index (κ3) is 4.43. The van der Waals surface area contributed by atoms with Gasteiger partial charge in [-0.1, -0.05) is 0 Å². The number of nitrogens with zero attached hydrogens (tertiary/aromatic N) is 1. The summed E-state index contributed by atoms with van der Waals surface area (Å²) in [6.45, 7) is 6.61. The van der Waals surface area contributed by atoms with Crippen molar-refractivity contribution in [3.63, 3.8) is 0 Å². The molecule has 19 heavy (non-hydrogen) atoms. The SMILES string of the molecule is CC(=O)c1cc(C#N)ccc1NC(=O)OC(C)(C)C. The van der Waals surface area contributed by atoms with Crippen molar-refractivity contribution in [1.82, 2.24) is 0 Å². The predicted octanol–water partition coefficient (Wildman–Crippen LogP) is 3.11. The number of nitriles is 1. The Morgan fingerprint density at radius 1 is 1.32 bits per heavy atom. The first-order valence-electron chi connectivity index (χ1n) is 5.78. The van der Waals surface area contributed by atoms with Gasteiger partial charge >= 0.3 is 6.09 Å². The molecule has 0 spiro atoms. The Morgan fingerprint density at radius 2 is 1.95 bits per heavy atom. The summed E-state index contributed by atoms with van der Waals surface area (Å²) in [5.41, 5.74) is 0.359. The Hall–Kier alpha value is -2.35. The molecule has 0 aromatic heterocycles. The first-order chi connectivity index (χ1) is 8.73. The average molecular weight is 260 g/mol. The van der Waals surface area contributed by atoms with E-state index in [2.05, 4.69) is 5.32 Å². The minimum absolute atomic E-state index is 0.233. The molecule has 0 heterocycles. The molecule has 1 aromatic rings. The Kier molecular flexibility index (Phi) is 4.28. The van der Waals surface area contributed by atoms with Crippen LogP contribution < -0.4 is 5.32 Å². The van der Waals surface area contributed by atoms with Gasteiger partial charge in [-0.25, -0.2) is 4.79 Å². The maximum atomic E-state index is 11.6. The molecule has 0 atom stereocenters. The fourth-order valence-electron chi connectivity index (χ4n) is 1.43. The van der Waals surface area contributed by atoms with Crippen molar-refractivity contribution in [1.29, 1.82) is 5.26 Å². The number of ketones is 1. The number of hydrogen-bond acceptors (Lipinski definition) is 4. The van der Waals surface area contributed by atoms with Gasteiger partial charge in [0.1, 0.15) is 5.60 Å². The van der Waals surface area contributed by atoms with Crippen molar-refractivity contribution in [2.75, 3.05) is 5.32 Å². The van der Waals surface area contributed by atoms with Crippen molar-refractivity contribution >= 4 is 17.6 Å². The molecule has 5 nitrogen and oxygen atoms in total. The number of rotatable bonds is 2. The standard InChI is InChI=1S/C14H16N2O3/c1-9(17)11-7-10(8-15)5-6-12(11)16-13(18)19-14(2,3)4/h5-7H,1-4H3,(H,16,18). The fraction of sp³-hybridized carbons (Fsp3) is 0.357. The lowest BCUT2D eigenvalue weighted by Gasteiger charge is -2.20. The third-order valence-corrected chi connectivity index (χ3v) is 2.16. The van der Waals surface area contributed by atoms with Crippen LogP contribution in [0.5, 0.6) is 0 Å². The summed E-state index contributed by atoms with van der Waals surface area (Å²) < 4.78 is 5.11. The number of hydrogen-bond donors (Lipinski definition) is 1. The van der Waals surface area contributed by atoms with Crippen LogP contribution in [0.3, 0.4) is 0 Å². The van der Waals surface area contributed by atoms with Crippen LogP contribution in [-0.2, 0) is 4.74 Å². The van der Waals surface area contributed by atoms with Gasteiger partial charge in [0.2, 0.25) is 0 Å². The van der Waals surface area contributed by atoms with Gasteiger partial charge in [-0.3, -0.25) is 10.1 Å². The molecule has 0 aliphatic heterocycles. The number of carbonyl (C=O) groups excluding carboxylic acids is 2. The minimum atomic E-state index is -0.639. The first-order valence-corrected chi connectivity index (χ1v) is 5.78. The highest BCUT2D eigenvalue weighted by atomic mass is 16.6. The number of Topliss-reactive ketones (excluding diaryl/α,β-unsaturated/α-hetero) is 1. The average Bonchev–Trinajstić information content (AvgIpc) is 2.26. The molecule has 100 valence electrons. The zero-order valence-electron chi connectivity index (χ0n) is 11.4. The van der Waals surface area contributed by atoms with Gasteiger partial charge in [0.15, 0.2) is 5.78 Å². The zero-order chi connectivity index (χ0) is 14.6. The minimum Gasteiger partial charge on any atom is -0.444 e. The van der Waals surface area contributed by atoms with Gasteiger partial charge in [0.05, 0.1) is 17.3 Å². The summed E-state index contributed by atoms with van der Waals surface area (Å²) in [7, 11) is 0. The van der Waals surface area contributed by atoms with E-state index in [4.69, 9.17) is 10.00 Å². The molecule has 0 unspecified atom stereocenters. The second-order valence-electron chi connectivity index (χ2n) is 5.06. The molecule has 0 fully saturated rings. The Balaban J connectivity index is 2.99. The van der Waals surface area contributed by atoms with E-state index >= 15 is 0 Å². The van der Waals surface area contributed by atoms with E-state index in [-0.39, 0.29) is 11.3 Å². The van der Waals surface area contributed by atoms with E-state index in [1.54, 1.807) is 20.8 Å². The second-order valence-corrected chi connectivity index (χ2v) is 5.06. The molecule has 0 bridgehead atoms. The molecular formula is C14H16N2O3. The van der Waals surface area contributed by atoms with Gasteiger partial charge in [0, 0.05) is 5.56 Å². The molecular weight excluding hydrogens is 244 g/mol. The van der Waals surface area contributed by atoms with Crippen LogP contribution in [0.4, 0.5) is 10.5 Å². The van der Waals surface area contributed by atoms with E-state index in [9.17, 15) is 9.59 Å². The number of nitrogens with one attached hydrogen (secondary N) is 1. The summed E-state index contributed by atoms with van der Waals surface area (Å²) in [5, 5.41) is 11.3. The molecule has 0 aliphatic carbocycles. The molecule has 0 radical (unpaired) electrons. The van der Waals surface area contributed by atoms with Crippen LogP contribution in [0.1, 0.15) is 43.6 Å². The predicted molar refractivity (Wildman–Crippen MR) is 71.0 cm³/mol. The van der Waals surface area contributed by atoms with E-state index in [1.165, 1.54) is 25.1 Å². The number of anilines is 1. The Bertz CT molecular complexity index is 551. The van der Waals surface area contributed by atoms with Crippen molar-refractivity contribution in [2.24, 2.45) is 0 Å². The number of benzene rings is 1. The smallest absolute Gasteiger partial charge is 0.412 e. The monoisotopic (exact) mass is 260 g/mol. The van der Waals surface area contributed by atoms with E-state index < -0.39 is 11.7 Å². The summed E-state index contributed by atoms with van der Waals surface area (Å²) >= 11 is 0. The molecule has 1 rings (SSSR count). The van der Waals surface area contributed by atoms with Crippen LogP contribution in [0.25, 0.3) is 0 Å². The molecule has 1 amide bonds. The third-order valence-electron chi connectivity index (χ3n) is 2.16. The molecule has 1 N–H and O–H groups in total. The van der Waals surface area contributed by atoms with Gasteiger partial charge in [-0.15, -0.1) is 0 Å². The lowest BCUT2D eigenvalue weighted by Crippen LogP contribution is -2.27. The maximum absolute atomic E-state index is 11.6. The van der Waals surface area contributed by atoms with Gasteiger partial charge < -0.3 is 4.74 Å². The highest BCUT2D eigenvalue weighted by molar-refractivity contribution is 6.02. The van der Waals surface area contributed by atoms with Crippen LogP contribution in [0.15, 0.2) is 18.2 Å². The van der Waals surface area contributed by atoms with Gasteiger partial charge in [0.25, 0.3) is 0 Å². The van der Waals surface area contributed by atoms with Crippen molar-refractivity contribution < 1.29 is 14.3 Å². The van der Waals surface area contributed by atoms with Gasteiger partial charge in [-0.2, -0.15) is 5.26 Å². The lowest BCUT2D eigenvalue weighted by molar-refractivity contribution is 0.0636. The molecule has 0 saturated heterocycles. The summed E-state index contributed by atoms with van der Waals surface area (Å²) in [5.74, 6) is -0.233. The summed E-state index contributed by atoms with van der Waals surface area (Å²) in [6.07, 6.45) is -0.639. The zero-order valence-corrected chi connectivity index (χ0v) is 11.4. The van der Waals surface area contributed by atoms with E-state index in [0.717, 1.165) is 0 Å². The number of carbonyl (C=O) groups is 2. The molecule has 0 aliphatic rings. The lowest BCUT2D eigenvalue weighted by atomic mass is 10.1. The topological polar surface area (TPSA) is 79.2 Å². The van der Waals surface area contributed by atoms with Crippen LogP contribution in [0.2, 0.25) is 0 Å². The molecule has 1 aromatic carbocycles. The second kappa shape index (κ2) is 5.53. The van der Waals surface area contributed by atoms with Crippen LogP contribution >= 0.6 is 0 Å².